The van der Waals surface area contributed by atoms with Crippen LogP contribution in [0.15, 0.2) is 29.4 Å². The van der Waals surface area contributed by atoms with Gasteiger partial charge in [0.2, 0.25) is 0 Å². The van der Waals surface area contributed by atoms with Crippen LogP contribution in [-0.2, 0) is 4.84 Å². The zero-order valence-electron chi connectivity index (χ0n) is 9.50. The summed E-state index contributed by atoms with van der Waals surface area (Å²) in [5.74, 6) is 0. The third kappa shape index (κ3) is 4.38. The van der Waals surface area contributed by atoms with Gasteiger partial charge in [-0.25, -0.2) is 8.78 Å². The Bertz CT molecular complexity index is 370. The van der Waals surface area contributed by atoms with Gasteiger partial charge in [0.15, 0.2) is 0 Å². The maximum Gasteiger partial charge on any atom is 0.263 e. The van der Waals surface area contributed by atoms with Crippen molar-refractivity contribution < 1.29 is 13.6 Å². The van der Waals surface area contributed by atoms with Crippen molar-refractivity contribution in [3.8, 4) is 0 Å². The molecule has 1 aromatic rings. The Kier molecular flexibility index (Phi) is 3.99. The van der Waals surface area contributed by atoms with E-state index in [9.17, 15) is 8.78 Å². The van der Waals surface area contributed by atoms with Crippen LogP contribution in [-0.4, -0.2) is 11.8 Å². The molecule has 87 valence electrons. The van der Waals surface area contributed by atoms with Gasteiger partial charge in [0.25, 0.3) is 6.43 Å². The zero-order chi connectivity index (χ0) is 12.2. The molecule has 0 fully saturated rings. The normalized spacial score (nSPS) is 12.4. The van der Waals surface area contributed by atoms with E-state index in [1.54, 1.807) is 6.07 Å². The number of hydrogen-bond acceptors (Lipinski definition) is 2. The SMILES string of the molecule is CC(C)(C)O/N=[C]/c1cccc(C(F)F)c1. The lowest BCUT2D eigenvalue weighted by molar-refractivity contribution is 0.00199. The molecule has 0 aliphatic rings. The molecule has 0 N–H and O–H groups in total. The fraction of sp³-hybridized carbons (Fsp3) is 0.417. The smallest absolute Gasteiger partial charge is 0.263 e. The minimum atomic E-state index is -2.48. The van der Waals surface area contributed by atoms with E-state index < -0.39 is 12.0 Å². The summed E-state index contributed by atoms with van der Waals surface area (Å²) in [7, 11) is 0. The van der Waals surface area contributed by atoms with Gasteiger partial charge in [0.1, 0.15) is 11.8 Å². The molecular weight excluding hydrogens is 212 g/mol. The Labute approximate surface area is 93.9 Å². The largest absolute Gasteiger partial charge is 0.390 e. The molecule has 0 spiro atoms. The summed E-state index contributed by atoms with van der Waals surface area (Å²) in [4.78, 5) is 5.06. The maximum absolute atomic E-state index is 12.4. The monoisotopic (exact) mass is 226 g/mol. The number of rotatable bonds is 3. The van der Waals surface area contributed by atoms with Crippen LogP contribution in [0.2, 0.25) is 0 Å². The predicted molar refractivity (Wildman–Crippen MR) is 58.8 cm³/mol. The summed E-state index contributed by atoms with van der Waals surface area (Å²) in [6.07, 6.45) is 0.0847. The van der Waals surface area contributed by atoms with Crippen molar-refractivity contribution in [3.63, 3.8) is 0 Å². The number of halogens is 2. The van der Waals surface area contributed by atoms with Crippen molar-refractivity contribution in [2.45, 2.75) is 32.8 Å². The highest BCUT2D eigenvalue weighted by Gasteiger charge is 2.10. The predicted octanol–water partition coefficient (Wildman–Crippen LogP) is 3.65. The molecule has 0 saturated heterocycles. The maximum atomic E-state index is 12.4. The van der Waals surface area contributed by atoms with E-state index in [0.717, 1.165) is 0 Å². The molecule has 0 heterocycles. The van der Waals surface area contributed by atoms with Crippen molar-refractivity contribution in [1.82, 2.24) is 0 Å². The average molecular weight is 226 g/mol. The van der Waals surface area contributed by atoms with E-state index in [1.165, 1.54) is 18.2 Å². The lowest BCUT2D eigenvalue weighted by atomic mass is 10.1. The van der Waals surface area contributed by atoms with Crippen LogP contribution in [0.5, 0.6) is 0 Å². The second kappa shape index (κ2) is 5.05. The first-order valence-corrected chi connectivity index (χ1v) is 4.91. The summed E-state index contributed by atoms with van der Waals surface area (Å²) >= 11 is 0. The van der Waals surface area contributed by atoms with Gasteiger partial charge in [-0.3, -0.25) is 0 Å². The van der Waals surface area contributed by atoms with E-state index in [1.807, 2.05) is 20.8 Å². The topological polar surface area (TPSA) is 21.6 Å². The van der Waals surface area contributed by atoms with Gasteiger partial charge in [-0.1, -0.05) is 23.4 Å². The molecule has 0 bridgehead atoms. The molecule has 0 amide bonds. The first-order chi connectivity index (χ1) is 7.38. The van der Waals surface area contributed by atoms with E-state index >= 15 is 0 Å². The third-order valence-electron chi connectivity index (χ3n) is 1.63. The highest BCUT2D eigenvalue weighted by Crippen LogP contribution is 2.18. The van der Waals surface area contributed by atoms with Gasteiger partial charge in [-0.05, 0) is 26.8 Å². The van der Waals surface area contributed by atoms with Crippen molar-refractivity contribution in [2.24, 2.45) is 5.16 Å². The molecule has 0 aliphatic heterocycles. The molecule has 1 aromatic carbocycles. The highest BCUT2D eigenvalue weighted by atomic mass is 19.3. The summed E-state index contributed by atoms with van der Waals surface area (Å²) in [5.41, 5.74) is 0.0193. The van der Waals surface area contributed by atoms with Crippen molar-refractivity contribution >= 4 is 6.21 Å². The average Bonchev–Trinajstić information content (AvgIpc) is 2.16. The Balaban J connectivity index is 2.71. The molecule has 0 unspecified atom stereocenters. The number of alkyl halides is 2. The van der Waals surface area contributed by atoms with E-state index in [2.05, 4.69) is 11.4 Å². The lowest BCUT2D eigenvalue weighted by Gasteiger charge is -2.14. The lowest BCUT2D eigenvalue weighted by Crippen LogP contribution is -2.15. The summed E-state index contributed by atoms with van der Waals surface area (Å²) in [6, 6.07) is 5.87. The number of hydrogen-bond donors (Lipinski definition) is 0. The van der Waals surface area contributed by atoms with Gasteiger partial charge >= 0.3 is 0 Å². The summed E-state index contributed by atoms with van der Waals surface area (Å²) in [6.45, 7) is 5.52. The molecule has 1 rings (SSSR count). The van der Waals surface area contributed by atoms with Gasteiger partial charge in [0.05, 0.1) is 0 Å². The van der Waals surface area contributed by atoms with Crippen LogP contribution in [0.3, 0.4) is 0 Å². The Morgan fingerprint density at radius 2 is 2.00 bits per heavy atom. The zero-order valence-corrected chi connectivity index (χ0v) is 9.50. The Morgan fingerprint density at radius 3 is 2.56 bits per heavy atom. The Morgan fingerprint density at radius 1 is 1.31 bits per heavy atom. The molecule has 0 atom stereocenters. The molecule has 16 heavy (non-hydrogen) atoms. The summed E-state index contributed by atoms with van der Waals surface area (Å²) < 4.78 is 24.7. The van der Waals surface area contributed by atoms with Crippen LogP contribution >= 0.6 is 0 Å². The van der Waals surface area contributed by atoms with Crippen LogP contribution in [0.25, 0.3) is 0 Å². The highest BCUT2D eigenvalue weighted by molar-refractivity contribution is 5.79. The molecule has 1 radical (unpaired) electrons. The van der Waals surface area contributed by atoms with Crippen molar-refractivity contribution in [1.29, 1.82) is 0 Å². The van der Waals surface area contributed by atoms with Crippen molar-refractivity contribution in [3.05, 3.63) is 35.4 Å². The van der Waals surface area contributed by atoms with Crippen LogP contribution < -0.4 is 0 Å². The Hall–Kier alpha value is -1.45. The fourth-order valence-electron chi connectivity index (χ4n) is 0.956. The molecule has 2 nitrogen and oxygen atoms in total. The van der Waals surface area contributed by atoms with Gasteiger partial charge < -0.3 is 4.84 Å². The van der Waals surface area contributed by atoms with Gasteiger partial charge in [0, 0.05) is 11.1 Å². The second-order valence-electron chi connectivity index (χ2n) is 4.33. The second-order valence-corrected chi connectivity index (χ2v) is 4.33. The standard InChI is InChI=1S/C12H14F2NO/c1-12(2,3)16-15-8-9-5-4-6-10(7-9)11(13)14/h4-7,11H,1-3H3. The molecule has 0 aliphatic carbocycles. The van der Waals surface area contributed by atoms with E-state index in [4.69, 9.17) is 4.84 Å². The minimum Gasteiger partial charge on any atom is -0.390 e. The molecular formula is C12H14F2NO. The molecule has 4 heteroatoms. The fourth-order valence-corrected chi connectivity index (χ4v) is 0.956. The first-order valence-electron chi connectivity index (χ1n) is 4.91. The van der Waals surface area contributed by atoms with Crippen LogP contribution in [0.1, 0.15) is 38.3 Å². The third-order valence-corrected chi connectivity index (χ3v) is 1.63. The van der Waals surface area contributed by atoms with Gasteiger partial charge in [-0.2, -0.15) is 0 Å². The first kappa shape index (κ1) is 12.6. The van der Waals surface area contributed by atoms with Crippen LogP contribution in [0.4, 0.5) is 8.78 Å². The molecule has 0 saturated carbocycles. The summed E-state index contributed by atoms with van der Waals surface area (Å²) in [5, 5.41) is 3.62. The minimum absolute atomic E-state index is 0.0454. The quantitative estimate of drug-likeness (QED) is 0.569. The number of benzene rings is 1. The molecule has 0 aromatic heterocycles. The van der Waals surface area contributed by atoms with E-state index in [-0.39, 0.29) is 5.56 Å². The van der Waals surface area contributed by atoms with Crippen molar-refractivity contribution in [2.75, 3.05) is 0 Å². The van der Waals surface area contributed by atoms with Crippen LogP contribution in [0, 0.1) is 0 Å². The van der Waals surface area contributed by atoms with Gasteiger partial charge in [-0.15, -0.1) is 0 Å². The number of nitrogens with zero attached hydrogens (tertiary/aromatic N) is 1. The van der Waals surface area contributed by atoms with E-state index in [0.29, 0.717) is 5.56 Å².